The zero-order valence-corrected chi connectivity index (χ0v) is 19.5. The van der Waals surface area contributed by atoms with E-state index in [4.69, 9.17) is 4.74 Å². The highest BCUT2D eigenvalue weighted by Crippen LogP contribution is 2.23. The van der Waals surface area contributed by atoms with Crippen LogP contribution >= 0.6 is 0 Å². The van der Waals surface area contributed by atoms with Crippen LogP contribution in [0.5, 0.6) is 5.75 Å². The van der Waals surface area contributed by atoms with Gasteiger partial charge in [0.2, 0.25) is 0 Å². The summed E-state index contributed by atoms with van der Waals surface area (Å²) >= 11 is 0. The Balaban J connectivity index is 1.69. The number of amides is 1. The number of para-hydroxylation sites is 1. The lowest BCUT2D eigenvalue weighted by Gasteiger charge is -2.19. The second-order valence-corrected chi connectivity index (χ2v) is 9.40. The third kappa shape index (κ3) is 5.68. The smallest absolute Gasteiger partial charge is 0.265 e. The molecular formula is C25H28N2O4S. The van der Waals surface area contributed by atoms with Crippen molar-refractivity contribution in [2.45, 2.75) is 45.1 Å². The van der Waals surface area contributed by atoms with Gasteiger partial charge in [-0.15, -0.1) is 0 Å². The van der Waals surface area contributed by atoms with E-state index in [1.165, 1.54) is 12.1 Å². The first-order valence-electron chi connectivity index (χ1n) is 10.4. The number of ether oxygens (including phenoxy) is 1. The molecule has 3 aromatic carbocycles. The van der Waals surface area contributed by atoms with Crippen LogP contribution in [0.3, 0.4) is 0 Å². The lowest BCUT2D eigenvalue weighted by Crippen LogP contribution is -2.32. The number of benzene rings is 3. The van der Waals surface area contributed by atoms with Gasteiger partial charge in [0.15, 0.2) is 6.10 Å². The molecule has 0 heterocycles. The molecule has 0 fully saturated rings. The van der Waals surface area contributed by atoms with Crippen molar-refractivity contribution in [1.82, 2.24) is 0 Å². The molecule has 0 aliphatic rings. The molecule has 6 nitrogen and oxygen atoms in total. The van der Waals surface area contributed by atoms with Crippen LogP contribution in [0, 0.1) is 20.8 Å². The predicted molar refractivity (Wildman–Crippen MR) is 128 cm³/mol. The molecule has 32 heavy (non-hydrogen) atoms. The number of aryl methyl sites for hydroxylation is 3. The summed E-state index contributed by atoms with van der Waals surface area (Å²) in [5.74, 6) is 0.387. The van der Waals surface area contributed by atoms with Crippen LogP contribution in [0.15, 0.2) is 71.6 Å². The van der Waals surface area contributed by atoms with Gasteiger partial charge in [0.1, 0.15) is 5.75 Å². The number of carbonyl (C=O) groups is 1. The molecule has 0 radical (unpaired) electrons. The van der Waals surface area contributed by atoms with Crippen molar-refractivity contribution in [2.75, 3.05) is 10.0 Å². The fourth-order valence-corrected chi connectivity index (χ4v) is 4.27. The fourth-order valence-electron chi connectivity index (χ4n) is 3.14. The van der Waals surface area contributed by atoms with Gasteiger partial charge in [0.05, 0.1) is 10.6 Å². The van der Waals surface area contributed by atoms with E-state index in [9.17, 15) is 13.2 Å². The zero-order chi connectivity index (χ0) is 23.3. The van der Waals surface area contributed by atoms with E-state index < -0.39 is 16.1 Å². The number of sulfonamides is 1. The number of nitrogens with one attached hydrogen (secondary N) is 2. The Morgan fingerprint density at radius 1 is 0.938 bits per heavy atom. The average Bonchev–Trinajstić information content (AvgIpc) is 2.76. The molecule has 0 spiro atoms. The molecule has 0 unspecified atom stereocenters. The first kappa shape index (κ1) is 23.3. The monoisotopic (exact) mass is 452 g/mol. The van der Waals surface area contributed by atoms with Crippen molar-refractivity contribution in [2.24, 2.45) is 0 Å². The van der Waals surface area contributed by atoms with E-state index in [-0.39, 0.29) is 10.8 Å². The summed E-state index contributed by atoms with van der Waals surface area (Å²) in [5, 5.41) is 2.81. The Morgan fingerprint density at radius 2 is 1.62 bits per heavy atom. The van der Waals surface area contributed by atoms with Crippen LogP contribution in [-0.2, 0) is 14.8 Å². The first-order chi connectivity index (χ1) is 15.2. The molecule has 0 aromatic heterocycles. The molecule has 7 heteroatoms. The van der Waals surface area contributed by atoms with Gasteiger partial charge in [-0.05, 0) is 80.3 Å². The largest absolute Gasteiger partial charge is 0.480 e. The molecule has 0 aliphatic carbocycles. The summed E-state index contributed by atoms with van der Waals surface area (Å²) in [6.07, 6.45) is -0.173. The van der Waals surface area contributed by atoms with Crippen LogP contribution in [0.25, 0.3) is 0 Å². The van der Waals surface area contributed by atoms with Gasteiger partial charge in [0.25, 0.3) is 15.9 Å². The predicted octanol–water partition coefficient (Wildman–Crippen LogP) is 5.21. The Labute approximate surface area is 189 Å². The second kappa shape index (κ2) is 9.87. The molecule has 168 valence electrons. The van der Waals surface area contributed by atoms with Crippen LogP contribution in [-0.4, -0.2) is 20.4 Å². The number of hydrogen-bond donors (Lipinski definition) is 2. The molecule has 2 N–H and O–H groups in total. The number of anilines is 2. The van der Waals surface area contributed by atoms with Crippen molar-refractivity contribution < 1.29 is 17.9 Å². The Hall–Kier alpha value is -3.32. The normalized spacial score (nSPS) is 12.1. The van der Waals surface area contributed by atoms with Crippen molar-refractivity contribution in [3.8, 4) is 5.75 Å². The SMILES string of the molecule is CC[C@@H](Oc1cc(C)ccc1C)C(=O)Nc1ccc(S(=O)(=O)Nc2ccccc2C)cc1. The van der Waals surface area contributed by atoms with Gasteiger partial charge in [-0.2, -0.15) is 0 Å². The minimum atomic E-state index is -3.74. The zero-order valence-electron chi connectivity index (χ0n) is 18.7. The van der Waals surface area contributed by atoms with E-state index in [1.807, 2.05) is 58.0 Å². The van der Waals surface area contributed by atoms with Crippen LogP contribution in [0.4, 0.5) is 11.4 Å². The highest BCUT2D eigenvalue weighted by Gasteiger charge is 2.20. The Morgan fingerprint density at radius 3 is 2.28 bits per heavy atom. The Kier molecular flexibility index (Phi) is 7.20. The molecular weight excluding hydrogens is 424 g/mol. The van der Waals surface area contributed by atoms with Gasteiger partial charge in [0, 0.05) is 5.69 Å². The van der Waals surface area contributed by atoms with Gasteiger partial charge in [-0.25, -0.2) is 8.42 Å². The maximum Gasteiger partial charge on any atom is 0.265 e. The minimum absolute atomic E-state index is 0.109. The molecule has 3 rings (SSSR count). The van der Waals surface area contributed by atoms with E-state index in [0.29, 0.717) is 23.5 Å². The average molecular weight is 453 g/mol. The number of carbonyl (C=O) groups excluding carboxylic acids is 1. The highest BCUT2D eigenvalue weighted by atomic mass is 32.2. The summed E-state index contributed by atoms with van der Waals surface area (Å²) in [6, 6.07) is 19.1. The van der Waals surface area contributed by atoms with Crippen molar-refractivity contribution in [1.29, 1.82) is 0 Å². The maximum atomic E-state index is 12.7. The minimum Gasteiger partial charge on any atom is -0.480 e. The molecule has 3 aromatic rings. The van der Waals surface area contributed by atoms with E-state index >= 15 is 0 Å². The number of rotatable bonds is 8. The molecule has 0 saturated carbocycles. The second-order valence-electron chi connectivity index (χ2n) is 7.72. The van der Waals surface area contributed by atoms with Crippen LogP contribution < -0.4 is 14.8 Å². The van der Waals surface area contributed by atoms with Gasteiger partial charge >= 0.3 is 0 Å². The van der Waals surface area contributed by atoms with Gasteiger partial charge in [-0.1, -0.05) is 37.3 Å². The third-order valence-corrected chi connectivity index (χ3v) is 6.48. The molecule has 0 saturated heterocycles. The van der Waals surface area contributed by atoms with Gasteiger partial charge < -0.3 is 10.1 Å². The van der Waals surface area contributed by atoms with Crippen molar-refractivity contribution in [3.63, 3.8) is 0 Å². The summed E-state index contributed by atoms with van der Waals surface area (Å²) in [5.41, 5.74) is 3.86. The van der Waals surface area contributed by atoms with Crippen molar-refractivity contribution >= 4 is 27.3 Å². The summed E-state index contributed by atoms with van der Waals surface area (Å²) in [7, 11) is -3.74. The molecule has 0 aliphatic heterocycles. The molecule has 1 amide bonds. The highest BCUT2D eigenvalue weighted by molar-refractivity contribution is 7.92. The van der Waals surface area contributed by atoms with Gasteiger partial charge in [-0.3, -0.25) is 9.52 Å². The lowest BCUT2D eigenvalue weighted by atomic mass is 10.1. The first-order valence-corrected chi connectivity index (χ1v) is 11.9. The van der Waals surface area contributed by atoms with E-state index in [2.05, 4.69) is 10.0 Å². The molecule has 0 bridgehead atoms. The summed E-state index contributed by atoms with van der Waals surface area (Å²) in [4.78, 5) is 12.8. The van der Waals surface area contributed by atoms with Crippen LogP contribution in [0.1, 0.15) is 30.0 Å². The number of hydrogen-bond acceptors (Lipinski definition) is 4. The summed E-state index contributed by atoms with van der Waals surface area (Å²) < 4.78 is 33.9. The summed E-state index contributed by atoms with van der Waals surface area (Å²) in [6.45, 7) is 7.61. The maximum absolute atomic E-state index is 12.7. The van der Waals surface area contributed by atoms with Crippen LogP contribution in [0.2, 0.25) is 0 Å². The standard InChI is InChI=1S/C25H28N2O4S/c1-5-23(31-24-16-17(2)10-11-19(24)4)25(28)26-20-12-14-21(15-13-20)32(29,30)27-22-9-7-6-8-18(22)3/h6-16,23,27H,5H2,1-4H3,(H,26,28)/t23-/m1/s1. The molecule has 1 atom stereocenters. The van der Waals surface area contributed by atoms with E-state index in [0.717, 1.165) is 16.7 Å². The topological polar surface area (TPSA) is 84.5 Å². The Bertz CT molecular complexity index is 1200. The van der Waals surface area contributed by atoms with E-state index in [1.54, 1.807) is 24.3 Å². The third-order valence-electron chi connectivity index (χ3n) is 5.10. The van der Waals surface area contributed by atoms with Crippen molar-refractivity contribution in [3.05, 3.63) is 83.4 Å². The quantitative estimate of drug-likeness (QED) is 0.491. The fraction of sp³-hybridized carbons (Fsp3) is 0.240. The lowest BCUT2D eigenvalue weighted by molar-refractivity contribution is -0.122.